The lowest BCUT2D eigenvalue weighted by molar-refractivity contribution is 0.0958. The summed E-state index contributed by atoms with van der Waals surface area (Å²) in [6, 6.07) is 12.4. The van der Waals surface area contributed by atoms with Gasteiger partial charge in [-0.15, -0.1) is 0 Å². The predicted octanol–water partition coefficient (Wildman–Crippen LogP) is 3.62. The molecule has 0 radical (unpaired) electrons. The van der Waals surface area contributed by atoms with Gasteiger partial charge < -0.3 is 10.1 Å². The molecule has 0 saturated heterocycles. The van der Waals surface area contributed by atoms with Gasteiger partial charge in [-0.05, 0) is 35.4 Å². The minimum absolute atomic E-state index is 0.0110. The number of aromatic nitrogens is 2. The van der Waals surface area contributed by atoms with E-state index in [9.17, 15) is 19.7 Å². The molecule has 0 atom stereocenters. The minimum atomic E-state index is -0.461. The van der Waals surface area contributed by atoms with Crippen LogP contribution in [0.1, 0.15) is 27.2 Å². The van der Waals surface area contributed by atoms with Crippen molar-refractivity contribution in [1.29, 1.82) is 10.5 Å². The Hall–Kier alpha value is -4.01. The molecule has 3 rings (SSSR count). The van der Waals surface area contributed by atoms with Crippen LogP contribution in [-0.4, -0.2) is 22.9 Å². The average Bonchev–Trinajstić information content (AvgIpc) is 2.77. The molecule has 0 saturated carbocycles. The van der Waals surface area contributed by atoms with Gasteiger partial charge in [0.15, 0.2) is 5.15 Å². The molecule has 1 aromatic carbocycles. The maximum Gasteiger partial charge on any atom is 0.269 e. The van der Waals surface area contributed by atoms with Crippen molar-refractivity contribution in [1.82, 2.24) is 15.3 Å². The third-order valence-electron chi connectivity index (χ3n) is 4.14. The van der Waals surface area contributed by atoms with Gasteiger partial charge in [0.2, 0.25) is 5.88 Å². The van der Waals surface area contributed by atoms with Crippen LogP contribution in [-0.2, 0) is 6.61 Å². The van der Waals surface area contributed by atoms with Gasteiger partial charge in [0.1, 0.15) is 35.8 Å². The molecule has 0 unspecified atom stereocenters. The van der Waals surface area contributed by atoms with E-state index in [1.165, 1.54) is 43.6 Å². The van der Waals surface area contributed by atoms with Crippen molar-refractivity contribution in [2.75, 3.05) is 7.05 Å². The lowest BCUT2D eigenvalue weighted by Crippen LogP contribution is -2.19. The fraction of sp³-hybridized carbons (Fsp3) is 0.0952. The highest BCUT2D eigenvalue weighted by Crippen LogP contribution is 2.36. The van der Waals surface area contributed by atoms with Gasteiger partial charge in [0, 0.05) is 18.8 Å². The number of nitrogens with one attached hydrogen (secondary N) is 1. The zero-order valence-electron chi connectivity index (χ0n) is 15.6. The second-order valence-corrected chi connectivity index (χ2v) is 6.34. The Morgan fingerprint density at radius 3 is 2.53 bits per heavy atom. The number of pyridine rings is 2. The first-order valence-electron chi connectivity index (χ1n) is 8.58. The summed E-state index contributed by atoms with van der Waals surface area (Å²) in [5, 5.41) is 21.5. The first kappa shape index (κ1) is 20.7. The molecule has 1 N–H and O–H groups in total. The van der Waals surface area contributed by atoms with E-state index in [0.717, 1.165) is 0 Å². The van der Waals surface area contributed by atoms with Crippen LogP contribution in [0, 0.1) is 28.5 Å². The lowest BCUT2D eigenvalue weighted by Gasteiger charge is -2.13. The number of hydrogen-bond acceptors (Lipinski definition) is 6. The van der Waals surface area contributed by atoms with Gasteiger partial charge in [0.25, 0.3) is 5.91 Å². The lowest BCUT2D eigenvalue weighted by atomic mass is 9.97. The number of rotatable bonds is 5. The van der Waals surface area contributed by atoms with Crippen molar-refractivity contribution >= 4 is 17.5 Å². The van der Waals surface area contributed by atoms with Crippen molar-refractivity contribution < 1.29 is 13.9 Å². The van der Waals surface area contributed by atoms with Gasteiger partial charge in [-0.2, -0.15) is 15.5 Å². The van der Waals surface area contributed by atoms with Crippen molar-refractivity contribution in [3.05, 3.63) is 75.9 Å². The normalized spacial score (nSPS) is 10.0. The van der Waals surface area contributed by atoms with Crippen molar-refractivity contribution in [3.8, 4) is 29.1 Å². The predicted molar refractivity (Wildman–Crippen MR) is 106 cm³/mol. The second kappa shape index (κ2) is 8.99. The SMILES string of the molecule is CNC(=O)c1cc(COc2nc(Cl)c(C#N)c(-c3ccc(F)cc3)c2C#N)ccn1. The number of nitrogens with zero attached hydrogens (tertiary/aromatic N) is 4. The topological polar surface area (TPSA) is 112 Å². The number of nitriles is 2. The highest BCUT2D eigenvalue weighted by Gasteiger charge is 2.22. The molecule has 148 valence electrons. The summed E-state index contributed by atoms with van der Waals surface area (Å²) in [7, 11) is 1.49. The molecular weight excluding hydrogens is 409 g/mol. The van der Waals surface area contributed by atoms with Gasteiger partial charge >= 0.3 is 0 Å². The summed E-state index contributed by atoms with van der Waals surface area (Å²) < 4.78 is 19.0. The van der Waals surface area contributed by atoms with Crippen LogP contribution in [0.4, 0.5) is 4.39 Å². The molecule has 0 bridgehead atoms. The van der Waals surface area contributed by atoms with Crippen LogP contribution in [0.15, 0.2) is 42.6 Å². The number of hydrogen-bond donors (Lipinski definition) is 1. The van der Waals surface area contributed by atoms with E-state index < -0.39 is 5.82 Å². The van der Waals surface area contributed by atoms with Gasteiger partial charge in [-0.3, -0.25) is 9.78 Å². The summed E-state index contributed by atoms with van der Waals surface area (Å²) in [6.45, 7) is -0.0285. The number of halogens is 2. The molecule has 2 heterocycles. The Bertz CT molecular complexity index is 1200. The summed E-state index contributed by atoms with van der Waals surface area (Å²) in [4.78, 5) is 19.7. The number of benzene rings is 1. The summed E-state index contributed by atoms with van der Waals surface area (Å²) >= 11 is 6.15. The molecule has 9 heteroatoms. The summed E-state index contributed by atoms with van der Waals surface area (Å²) in [5.74, 6) is -0.899. The molecule has 30 heavy (non-hydrogen) atoms. The highest BCUT2D eigenvalue weighted by atomic mass is 35.5. The largest absolute Gasteiger partial charge is 0.472 e. The van der Waals surface area contributed by atoms with E-state index in [-0.39, 0.29) is 45.9 Å². The van der Waals surface area contributed by atoms with E-state index in [2.05, 4.69) is 15.3 Å². The molecule has 0 aliphatic rings. The van der Waals surface area contributed by atoms with Crippen LogP contribution in [0.5, 0.6) is 5.88 Å². The van der Waals surface area contributed by atoms with Crippen LogP contribution in [0.2, 0.25) is 5.15 Å². The molecule has 0 aliphatic heterocycles. The monoisotopic (exact) mass is 421 g/mol. The Balaban J connectivity index is 2.02. The fourth-order valence-corrected chi connectivity index (χ4v) is 2.93. The maximum atomic E-state index is 13.3. The second-order valence-electron chi connectivity index (χ2n) is 5.98. The summed E-state index contributed by atoms with van der Waals surface area (Å²) in [5.41, 5.74) is 1.41. The number of carbonyl (C=O) groups is 1. The van der Waals surface area contributed by atoms with Crippen LogP contribution >= 0.6 is 11.6 Å². The van der Waals surface area contributed by atoms with E-state index in [0.29, 0.717) is 11.1 Å². The molecule has 0 fully saturated rings. The Kier molecular flexibility index (Phi) is 6.21. The zero-order valence-corrected chi connectivity index (χ0v) is 16.4. The quantitative estimate of drug-likeness (QED) is 0.630. The van der Waals surface area contributed by atoms with E-state index in [1.54, 1.807) is 6.07 Å². The van der Waals surface area contributed by atoms with Crippen molar-refractivity contribution in [2.24, 2.45) is 0 Å². The van der Waals surface area contributed by atoms with Gasteiger partial charge in [-0.25, -0.2) is 4.39 Å². The Morgan fingerprint density at radius 1 is 1.20 bits per heavy atom. The van der Waals surface area contributed by atoms with Crippen LogP contribution in [0.25, 0.3) is 11.1 Å². The average molecular weight is 422 g/mol. The van der Waals surface area contributed by atoms with Crippen molar-refractivity contribution in [2.45, 2.75) is 6.61 Å². The molecule has 0 aliphatic carbocycles. The van der Waals surface area contributed by atoms with Crippen LogP contribution < -0.4 is 10.1 Å². The first-order valence-corrected chi connectivity index (χ1v) is 8.95. The van der Waals surface area contributed by atoms with Crippen molar-refractivity contribution in [3.63, 3.8) is 0 Å². The van der Waals surface area contributed by atoms with Gasteiger partial charge in [0.05, 0.1) is 5.56 Å². The minimum Gasteiger partial charge on any atom is -0.472 e. The maximum absolute atomic E-state index is 13.3. The van der Waals surface area contributed by atoms with E-state index in [4.69, 9.17) is 16.3 Å². The molecule has 3 aromatic rings. The number of amides is 1. The third kappa shape index (κ3) is 4.19. The zero-order chi connectivity index (χ0) is 21.7. The fourth-order valence-electron chi connectivity index (χ4n) is 2.72. The molecule has 2 aromatic heterocycles. The van der Waals surface area contributed by atoms with E-state index >= 15 is 0 Å². The third-order valence-corrected chi connectivity index (χ3v) is 4.41. The van der Waals surface area contributed by atoms with Gasteiger partial charge in [-0.1, -0.05) is 23.7 Å². The highest BCUT2D eigenvalue weighted by molar-refractivity contribution is 6.31. The first-order chi connectivity index (χ1) is 14.5. The van der Waals surface area contributed by atoms with E-state index in [1.807, 2.05) is 12.1 Å². The summed E-state index contributed by atoms with van der Waals surface area (Å²) in [6.07, 6.45) is 1.46. The molecule has 1 amide bonds. The molecule has 0 spiro atoms. The van der Waals surface area contributed by atoms with Crippen LogP contribution in [0.3, 0.4) is 0 Å². The number of carbonyl (C=O) groups excluding carboxylic acids is 1. The smallest absolute Gasteiger partial charge is 0.269 e. The molecular formula is C21H13ClFN5O2. The Labute approximate surface area is 176 Å². The Morgan fingerprint density at radius 2 is 1.90 bits per heavy atom. The number of ether oxygens (including phenoxy) is 1. The standard InChI is InChI=1S/C21H13ClFN5O2/c1-26-20(29)17-8-12(6-7-27-17)11-30-21-16(10-25)18(15(9-24)19(22)28-21)13-2-4-14(23)5-3-13/h2-8H,11H2,1H3,(H,26,29). The molecule has 7 nitrogen and oxygen atoms in total.